The molecule has 2 aromatic carbocycles. The summed E-state index contributed by atoms with van der Waals surface area (Å²) in [5.41, 5.74) is 10.1. The highest BCUT2D eigenvalue weighted by molar-refractivity contribution is 5.85. The van der Waals surface area contributed by atoms with Crippen LogP contribution in [0.5, 0.6) is 0 Å². The van der Waals surface area contributed by atoms with Crippen molar-refractivity contribution in [2.75, 3.05) is 5.73 Å². The fourth-order valence-corrected chi connectivity index (χ4v) is 3.90. The van der Waals surface area contributed by atoms with Crippen LogP contribution in [0.15, 0.2) is 72.2 Å². The van der Waals surface area contributed by atoms with Gasteiger partial charge in [-0.15, -0.1) is 0 Å². The van der Waals surface area contributed by atoms with Crippen LogP contribution in [0.2, 0.25) is 0 Å². The topological polar surface area (TPSA) is 91.6 Å². The Morgan fingerprint density at radius 3 is 2.73 bits per heavy atom. The second kappa shape index (κ2) is 7.11. The maximum absolute atomic E-state index is 13.4. The van der Waals surface area contributed by atoms with Crippen molar-refractivity contribution >= 4 is 27.8 Å². The molecule has 0 radical (unpaired) electrons. The molecule has 0 fully saturated rings. The van der Waals surface area contributed by atoms with Gasteiger partial charge in [0, 0.05) is 12.7 Å². The van der Waals surface area contributed by atoms with Crippen molar-refractivity contribution in [3.05, 3.63) is 88.9 Å². The standard InChI is InChI=1S/C23H20N6O/c1-15-5-2-3-8-18(15)29-12-10-17-7-4-6-16(19(17)23(29)30)9-11-28-14-27-20-21(24)25-13-26-22(20)28/h2-8,10,12-14H,9,11H2,1H3,(H2,24,25,26). The second-order valence-electron chi connectivity index (χ2n) is 7.28. The van der Waals surface area contributed by atoms with Gasteiger partial charge in [-0.25, -0.2) is 15.0 Å². The molecule has 0 aliphatic carbocycles. The number of benzene rings is 2. The van der Waals surface area contributed by atoms with Gasteiger partial charge in [0.1, 0.15) is 11.8 Å². The Labute approximate surface area is 172 Å². The molecular formula is C23H20N6O. The van der Waals surface area contributed by atoms with E-state index in [0.717, 1.165) is 27.6 Å². The molecule has 5 rings (SSSR count). The Morgan fingerprint density at radius 2 is 1.87 bits per heavy atom. The van der Waals surface area contributed by atoms with E-state index in [4.69, 9.17) is 5.73 Å². The van der Waals surface area contributed by atoms with Crippen LogP contribution in [-0.4, -0.2) is 24.1 Å². The number of para-hydroxylation sites is 1. The number of nitrogen functional groups attached to an aromatic ring is 1. The summed E-state index contributed by atoms with van der Waals surface area (Å²) in [6.45, 7) is 2.64. The summed E-state index contributed by atoms with van der Waals surface area (Å²) in [6, 6.07) is 15.9. The first kappa shape index (κ1) is 18.1. The number of rotatable bonds is 4. The zero-order valence-corrected chi connectivity index (χ0v) is 16.5. The summed E-state index contributed by atoms with van der Waals surface area (Å²) >= 11 is 0. The van der Waals surface area contributed by atoms with Gasteiger partial charge >= 0.3 is 0 Å². The lowest BCUT2D eigenvalue weighted by Crippen LogP contribution is -2.20. The lowest BCUT2D eigenvalue weighted by molar-refractivity contribution is 0.711. The van der Waals surface area contributed by atoms with Gasteiger partial charge in [0.2, 0.25) is 0 Å². The van der Waals surface area contributed by atoms with Crippen molar-refractivity contribution in [2.24, 2.45) is 0 Å². The van der Waals surface area contributed by atoms with Gasteiger partial charge in [-0.3, -0.25) is 9.36 Å². The van der Waals surface area contributed by atoms with Crippen LogP contribution in [0.1, 0.15) is 11.1 Å². The van der Waals surface area contributed by atoms with E-state index < -0.39 is 0 Å². The maximum atomic E-state index is 13.4. The predicted molar refractivity (Wildman–Crippen MR) is 118 cm³/mol. The summed E-state index contributed by atoms with van der Waals surface area (Å²) in [5.74, 6) is 0.366. The third-order valence-electron chi connectivity index (χ3n) is 5.45. The van der Waals surface area contributed by atoms with E-state index >= 15 is 0 Å². The summed E-state index contributed by atoms with van der Waals surface area (Å²) in [4.78, 5) is 26.0. The monoisotopic (exact) mass is 396 g/mol. The van der Waals surface area contributed by atoms with Crippen molar-refractivity contribution in [2.45, 2.75) is 19.9 Å². The lowest BCUT2D eigenvalue weighted by atomic mass is 10.0. The van der Waals surface area contributed by atoms with Gasteiger partial charge in [0.05, 0.1) is 17.4 Å². The van der Waals surface area contributed by atoms with Crippen LogP contribution in [0.3, 0.4) is 0 Å². The third kappa shape index (κ3) is 2.91. The Kier molecular flexibility index (Phi) is 4.28. The quantitative estimate of drug-likeness (QED) is 0.503. The first-order valence-corrected chi connectivity index (χ1v) is 9.74. The molecule has 30 heavy (non-hydrogen) atoms. The van der Waals surface area contributed by atoms with Gasteiger partial charge in [0.15, 0.2) is 11.5 Å². The van der Waals surface area contributed by atoms with Crippen LogP contribution in [0.4, 0.5) is 5.82 Å². The molecule has 0 bridgehead atoms. The fourth-order valence-electron chi connectivity index (χ4n) is 3.90. The van der Waals surface area contributed by atoms with Crippen LogP contribution in [0, 0.1) is 6.92 Å². The van der Waals surface area contributed by atoms with Crippen molar-refractivity contribution in [3.63, 3.8) is 0 Å². The molecule has 0 spiro atoms. The molecule has 0 unspecified atom stereocenters. The number of imidazole rings is 1. The third-order valence-corrected chi connectivity index (χ3v) is 5.45. The van der Waals surface area contributed by atoms with E-state index in [2.05, 4.69) is 15.0 Å². The maximum Gasteiger partial charge on any atom is 0.263 e. The minimum atomic E-state index is -0.0144. The second-order valence-corrected chi connectivity index (χ2v) is 7.28. The smallest absolute Gasteiger partial charge is 0.263 e. The van der Waals surface area contributed by atoms with Crippen molar-refractivity contribution in [1.82, 2.24) is 24.1 Å². The molecule has 2 N–H and O–H groups in total. The molecule has 0 saturated carbocycles. The SMILES string of the molecule is Cc1ccccc1-n1ccc2cccc(CCn3cnc4c(N)ncnc43)c2c1=O. The molecule has 3 heterocycles. The molecule has 0 saturated heterocycles. The summed E-state index contributed by atoms with van der Waals surface area (Å²) < 4.78 is 3.66. The summed E-state index contributed by atoms with van der Waals surface area (Å²) in [6.07, 6.45) is 5.67. The van der Waals surface area contributed by atoms with Gasteiger partial charge < -0.3 is 10.3 Å². The molecule has 0 aliphatic rings. The van der Waals surface area contributed by atoms with E-state index in [-0.39, 0.29) is 5.56 Å². The van der Waals surface area contributed by atoms with E-state index in [0.29, 0.717) is 29.9 Å². The Bertz CT molecular complexity index is 1450. The molecular weight excluding hydrogens is 376 g/mol. The molecule has 3 aromatic heterocycles. The average Bonchev–Trinajstić information content (AvgIpc) is 3.18. The normalized spacial score (nSPS) is 11.4. The van der Waals surface area contributed by atoms with E-state index in [1.807, 2.05) is 66.2 Å². The van der Waals surface area contributed by atoms with Crippen molar-refractivity contribution < 1.29 is 0 Å². The number of hydrogen-bond donors (Lipinski definition) is 1. The summed E-state index contributed by atoms with van der Waals surface area (Å²) in [7, 11) is 0. The Balaban J connectivity index is 1.58. The molecule has 5 aromatic rings. The van der Waals surface area contributed by atoms with Gasteiger partial charge in [-0.05, 0) is 42.0 Å². The van der Waals surface area contributed by atoms with Gasteiger partial charge in [-0.2, -0.15) is 0 Å². The highest BCUT2D eigenvalue weighted by atomic mass is 16.1. The number of nitrogens with zero attached hydrogens (tertiary/aromatic N) is 5. The lowest BCUT2D eigenvalue weighted by Gasteiger charge is -2.12. The number of hydrogen-bond acceptors (Lipinski definition) is 5. The molecule has 0 aliphatic heterocycles. The zero-order valence-electron chi connectivity index (χ0n) is 16.5. The Hall–Kier alpha value is -4.00. The van der Waals surface area contributed by atoms with Crippen LogP contribution in [0.25, 0.3) is 27.6 Å². The average molecular weight is 396 g/mol. The highest BCUT2D eigenvalue weighted by Crippen LogP contribution is 2.20. The Morgan fingerprint density at radius 1 is 1.00 bits per heavy atom. The molecule has 0 atom stereocenters. The van der Waals surface area contributed by atoms with Crippen LogP contribution >= 0.6 is 0 Å². The predicted octanol–water partition coefficient (Wildman–Crippen LogP) is 3.26. The number of nitrogens with two attached hydrogens (primary N) is 1. The largest absolute Gasteiger partial charge is 0.382 e. The first-order valence-electron chi connectivity index (χ1n) is 9.74. The van der Waals surface area contributed by atoms with Crippen molar-refractivity contribution in [1.29, 1.82) is 0 Å². The van der Waals surface area contributed by atoms with Crippen LogP contribution < -0.4 is 11.3 Å². The highest BCUT2D eigenvalue weighted by Gasteiger charge is 2.12. The van der Waals surface area contributed by atoms with Gasteiger partial charge in [0.25, 0.3) is 5.56 Å². The van der Waals surface area contributed by atoms with Crippen LogP contribution in [-0.2, 0) is 13.0 Å². The molecule has 148 valence electrons. The summed E-state index contributed by atoms with van der Waals surface area (Å²) in [5, 5.41) is 1.67. The minimum absolute atomic E-state index is 0.0144. The zero-order chi connectivity index (χ0) is 20.7. The fraction of sp³-hybridized carbons (Fsp3) is 0.130. The molecule has 0 amide bonds. The van der Waals surface area contributed by atoms with E-state index in [9.17, 15) is 4.79 Å². The van der Waals surface area contributed by atoms with Crippen molar-refractivity contribution in [3.8, 4) is 5.69 Å². The van der Waals surface area contributed by atoms with E-state index in [1.54, 1.807) is 10.9 Å². The first-order chi connectivity index (χ1) is 14.6. The van der Waals surface area contributed by atoms with Gasteiger partial charge in [-0.1, -0.05) is 36.4 Å². The molecule has 7 heteroatoms. The molecule has 7 nitrogen and oxygen atoms in total. The minimum Gasteiger partial charge on any atom is -0.382 e. The number of pyridine rings is 1. The number of fused-ring (bicyclic) bond motifs is 2. The van der Waals surface area contributed by atoms with E-state index in [1.165, 1.54) is 6.33 Å². The number of anilines is 1. The number of aryl methyl sites for hydroxylation is 3. The number of aromatic nitrogens is 5.